The fraction of sp³-hybridized carbons (Fsp3) is 0.316. The highest BCUT2D eigenvalue weighted by molar-refractivity contribution is 6.30. The topological polar surface area (TPSA) is 29.5 Å². The molecule has 2 atom stereocenters. The number of halogens is 1. The fourth-order valence-corrected chi connectivity index (χ4v) is 3.20. The summed E-state index contributed by atoms with van der Waals surface area (Å²) in [4.78, 5) is 14.6. The summed E-state index contributed by atoms with van der Waals surface area (Å²) in [5, 5.41) is 0.581. The molecule has 0 aliphatic carbocycles. The second kappa shape index (κ2) is 7.16. The lowest BCUT2D eigenvalue weighted by molar-refractivity contribution is -0.0664. The first-order chi connectivity index (χ1) is 11.1. The molecule has 1 saturated heterocycles. The van der Waals surface area contributed by atoms with Gasteiger partial charge in [0, 0.05) is 30.1 Å². The summed E-state index contributed by atoms with van der Waals surface area (Å²) in [5.41, 5.74) is 1.85. The van der Waals surface area contributed by atoms with Crippen molar-refractivity contribution in [1.82, 2.24) is 4.90 Å². The Morgan fingerprint density at radius 2 is 1.96 bits per heavy atom. The van der Waals surface area contributed by atoms with Gasteiger partial charge in [-0.15, -0.1) is 0 Å². The predicted molar refractivity (Wildman–Crippen MR) is 91.8 cm³/mol. The Balaban J connectivity index is 1.71. The average Bonchev–Trinajstić information content (AvgIpc) is 2.54. The van der Waals surface area contributed by atoms with Crippen molar-refractivity contribution < 1.29 is 9.53 Å². The van der Waals surface area contributed by atoms with Gasteiger partial charge in [0.2, 0.25) is 0 Å². The summed E-state index contributed by atoms with van der Waals surface area (Å²) in [6.07, 6.45) is 0.856. The van der Waals surface area contributed by atoms with Gasteiger partial charge in [0.25, 0.3) is 5.91 Å². The van der Waals surface area contributed by atoms with Gasteiger partial charge in [0.15, 0.2) is 0 Å². The lowest BCUT2D eigenvalue weighted by Crippen LogP contribution is -2.49. The minimum atomic E-state index is 0.0145. The van der Waals surface area contributed by atoms with Gasteiger partial charge in [-0.25, -0.2) is 0 Å². The number of morpholine rings is 1. The third-order valence-corrected chi connectivity index (χ3v) is 4.23. The number of benzene rings is 2. The van der Waals surface area contributed by atoms with Gasteiger partial charge in [-0.1, -0.05) is 48.0 Å². The van der Waals surface area contributed by atoms with Crippen LogP contribution < -0.4 is 0 Å². The third kappa shape index (κ3) is 4.12. The molecule has 1 amide bonds. The molecule has 1 aliphatic rings. The van der Waals surface area contributed by atoms with Crippen LogP contribution in [0.25, 0.3) is 0 Å². The molecule has 2 aromatic rings. The van der Waals surface area contributed by atoms with Gasteiger partial charge >= 0.3 is 0 Å². The Morgan fingerprint density at radius 3 is 2.70 bits per heavy atom. The van der Waals surface area contributed by atoms with E-state index in [1.807, 2.05) is 30.0 Å². The summed E-state index contributed by atoms with van der Waals surface area (Å²) in [5.74, 6) is 0.0145. The highest BCUT2D eigenvalue weighted by Crippen LogP contribution is 2.19. The van der Waals surface area contributed by atoms with E-state index < -0.39 is 0 Å². The van der Waals surface area contributed by atoms with Crippen LogP contribution in [0.3, 0.4) is 0 Å². The summed E-state index contributed by atoms with van der Waals surface area (Å²) >= 11 is 6.00. The van der Waals surface area contributed by atoms with Crippen LogP contribution in [-0.4, -0.2) is 36.1 Å². The van der Waals surface area contributed by atoms with Gasteiger partial charge in [-0.3, -0.25) is 4.79 Å². The summed E-state index contributed by atoms with van der Waals surface area (Å²) in [7, 11) is 0. The largest absolute Gasteiger partial charge is 0.371 e. The molecule has 23 heavy (non-hydrogen) atoms. The molecule has 1 fully saturated rings. The van der Waals surface area contributed by atoms with Gasteiger partial charge < -0.3 is 9.64 Å². The van der Waals surface area contributed by atoms with Crippen LogP contribution in [0.15, 0.2) is 54.6 Å². The minimum absolute atomic E-state index is 0.0145. The molecule has 0 bridgehead atoms. The standard InChI is InChI=1S/C19H20ClNO2/c1-14-12-21(19(22)16-8-5-9-17(20)11-16)13-18(23-14)10-15-6-3-2-4-7-15/h2-9,11,14,18H,10,12-13H2,1H3. The second-order valence-electron chi connectivity index (χ2n) is 5.98. The Bertz CT molecular complexity index is 674. The maximum Gasteiger partial charge on any atom is 0.254 e. The first-order valence-electron chi connectivity index (χ1n) is 7.86. The molecule has 2 unspecified atom stereocenters. The van der Waals surface area contributed by atoms with Gasteiger partial charge in [0.05, 0.1) is 12.2 Å². The number of ether oxygens (including phenoxy) is 1. The van der Waals surface area contributed by atoms with Crippen LogP contribution in [0.4, 0.5) is 0 Å². The van der Waals surface area contributed by atoms with Crippen LogP contribution in [0.5, 0.6) is 0 Å². The van der Waals surface area contributed by atoms with Crippen LogP contribution in [-0.2, 0) is 11.2 Å². The summed E-state index contributed by atoms with van der Waals surface area (Å²) < 4.78 is 6.01. The predicted octanol–water partition coefficient (Wildman–Crippen LogP) is 3.81. The van der Waals surface area contributed by atoms with Crippen molar-refractivity contribution >= 4 is 17.5 Å². The Kier molecular flexibility index (Phi) is 4.99. The van der Waals surface area contributed by atoms with E-state index in [1.165, 1.54) is 5.56 Å². The average molecular weight is 330 g/mol. The SMILES string of the molecule is CC1CN(C(=O)c2cccc(Cl)c2)CC(Cc2ccccc2)O1. The van der Waals surface area contributed by atoms with E-state index in [1.54, 1.807) is 24.3 Å². The number of hydrogen-bond donors (Lipinski definition) is 0. The fourth-order valence-electron chi connectivity index (χ4n) is 3.00. The molecule has 0 spiro atoms. The van der Waals surface area contributed by atoms with Crippen molar-refractivity contribution in [2.45, 2.75) is 25.6 Å². The number of amides is 1. The van der Waals surface area contributed by atoms with Crippen molar-refractivity contribution in [3.63, 3.8) is 0 Å². The second-order valence-corrected chi connectivity index (χ2v) is 6.42. The number of carbonyl (C=O) groups excluding carboxylic acids is 1. The van der Waals surface area contributed by atoms with E-state index in [4.69, 9.17) is 16.3 Å². The number of hydrogen-bond acceptors (Lipinski definition) is 2. The van der Waals surface area contributed by atoms with Crippen LogP contribution in [0.2, 0.25) is 5.02 Å². The molecule has 0 saturated carbocycles. The molecule has 0 radical (unpaired) electrons. The smallest absolute Gasteiger partial charge is 0.254 e. The van der Waals surface area contributed by atoms with Crippen molar-refractivity contribution in [3.05, 3.63) is 70.7 Å². The van der Waals surface area contributed by atoms with E-state index >= 15 is 0 Å². The first kappa shape index (κ1) is 16.0. The number of carbonyl (C=O) groups is 1. The quantitative estimate of drug-likeness (QED) is 0.857. The third-order valence-electron chi connectivity index (χ3n) is 3.99. The van der Waals surface area contributed by atoms with E-state index in [-0.39, 0.29) is 18.1 Å². The molecular formula is C19H20ClNO2. The van der Waals surface area contributed by atoms with Gasteiger partial charge in [-0.05, 0) is 30.7 Å². The van der Waals surface area contributed by atoms with Crippen molar-refractivity contribution in [2.24, 2.45) is 0 Å². The molecule has 0 aromatic heterocycles. The Morgan fingerprint density at radius 1 is 1.17 bits per heavy atom. The molecular weight excluding hydrogens is 310 g/mol. The minimum Gasteiger partial charge on any atom is -0.371 e. The van der Waals surface area contributed by atoms with E-state index in [2.05, 4.69) is 12.1 Å². The molecule has 1 heterocycles. The van der Waals surface area contributed by atoms with Crippen LogP contribution in [0.1, 0.15) is 22.8 Å². The molecule has 120 valence electrons. The maximum atomic E-state index is 12.7. The van der Waals surface area contributed by atoms with Crippen molar-refractivity contribution in [2.75, 3.05) is 13.1 Å². The van der Waals surface area contributed by atoms with Gasteiger partial charge in [-0.2, -0.15) is 0 Å². The zero-order chi connectivity index (χ0) is 16.2. The molecule has 1 aliphatic heterocycles. The van der Waals surface area contributed by atoms with Crippen LogP contribution in [0, 0.1) is 0 Å². The van der Waals surface area contributed by atoms with Crippen molar-refractivity contribution in [1.29, 1.82) is 0 Å². The highest BCUT2D eigenvalue weighted by Gasteiger charge is 2.29. The Hall–Kier alpha value is -1.84. The summed E-state index contributed by atoms with van der Waals surface area (Å²) in [6.45, 7) is 3.22. The van der Waals surface area contributed by atoms with Gasteiger partial charge in [0.1, 0.15) is 0 Å². The maximum absolute atomic E-state index is 12.7. The highest BCUT2D eigenvalue weighted by atomic mass is 35.5. The Labute approximate surface area is 141 Å². The van der Waals surface area contributed by atoms with Crippen LogP contribution >= 0.6 is 11.6 Å². The molecule has 3 rings (SSSR count). The number of nitrogens with zero attached hydrogens (tertiary/aromatic N) is 1. The van der Waals surface area contributed by atoms with Crippen molar-refractivity contribution in [3.8, 4) is 0 Å². The molecule has 3 nitrogen and oxygen atoms in total. The lowest BCUT2D eigenvalue weighted by atomic mass is 10.0. The zero-order valence-electron chi connectivity index (χ0n) is 13.1. The monoisotopic (exact) mass is 329 g/mol. The summed E-state index contributed by atoms with van der Waals surface area (Å²) in [6, 6.07) is 17.3. The molecule has 4 heteroatoms. The van der Waals surface area contributed by atoms with E-state index in [9.17, 15) is 4.79 Å². The zero-order valence-corrected chi connectivity index (χ0v) is 13.9. The number of rotatable bonds is 3. The van der Waals surface area contributed by atoms with E-state index in [0.29, 0.717) is 23.7 Å². The lowest BCUT2D eigenvalue weighted by Gasteiger charge is -2.37. The molecule has 2 aromatic carbocycles. The molecule has 0 N–H and O–H groups in total. The first-order valence-corrected chi connectivity index (χ1v) is 8.24. The normalized spacial score (nSPS) is 21.2. The van der Waals surface area contributed by atoms with E-state index in [0.717, 1.165) is 6.42 Å².